The van der Waals surface area contributed by atoms with Crippen LogP contribution in [0.4, 0.5) is 0 Å². The molecular formula is C21H22N2O3. The second-order valence-electron chi connectivity index (χ2n) is 6.13. The van der Waals surface area contributed by atoms with Gasteiger partial charge in [-0.25, -0.2) is 0 Å². The molecule has 1 amide bonds. The van der Waals surface area contributed by atoms with Gasteiger partial charge in [-0.3, -0.25) is 9.59 Å². The summed E-state index contributed by atoms with van der Waals surface area (Å²) in [6.45, 7) is 3.04. The SMILES string of the molecule is C[C@H](OCCCNC(=O)c1cc2ccccc2c(=O)[nH]1)c1ccccc1. The molecule has 0 aliphatic rings. The average Bonchev–Trinajstić information content (AvgIpc) is 2.68. The van der Waals surface area contributed by atoms with Crippen molar-refractivity contribution in [2.75, 3.05) is 13.2 Å². The summed E-state index contributed by atoms with van der Waals surface area (Å²) in [4.78, 5) is 26.9. The first kappa shape index (κ1) is 17.9. The van der Waals surface area contributed by atoms with Crippen molar-refractivity contribution in [3.63, 3.8) is 0 Å². The zero-order valence-corrected chi connectivity index (χ0v) is 14.7. The summed E-state index contributed by atoms with van der Waals surface area (Å²) >= 11 is 0. The Morgan fingerprint density at radius 1 is 1.12 bits per heavy atom. The molecule has 0 saturated carbocycles. The molecule has 0 spiro atoms. The Bertz CT molecular complexity index is 935. The van der Waals surface area contributed by atoms with Gasteiger partial charge >= 0.3 is 0 Å². The molecule has 3 aromatic rings. The lowest BCUT2D eigenvalue weighted by atomic mass is 10.1. The summed E-state index contributed by atoms with van der Waals surface area (Å²) in [5.74, 6) is -0.288. The molecule has 0 unspecified atom stereocenters. The number of pyridine rings is 1. The van der Waals surface area contributed by atoms with Crippen LogP contribution in [0, 0.1) is 0 Å². The molecule has 2 aromatic carbocycles. The molecule has 5 nitrogen and oxygen atoms in total. The summed E-state index contributed by atoms with van der Waals surface area (Å²) in [6, 6.07) is 18.9. The molecule has 0 fully saturated rings. The molecular weight excluding hydrogens is 328 g/mol. The molecule has 134 valence electrons. The highest BCUT2D eigenvalue weighted by Gasteiger charge is 2.09. The molecule has 5 heteroatoms. The molecule has 0 bridgehead atoms. The van der Waals surface area contributed by atoms with Crippen LogP contribution in [0.1, 0.15) is 35.5 Å². The maximum atomic E-state index is 12.2. The Kier molecular flexibility index (Phi) is 5.81. The van der Waals surface area contributed by atoms with Gasteiger partial charge in [0.1, 0.15) is 5.69 Å². The number of benzene rings is 2. The van der Waals surface area contributed by atoms with Crippen molar-refractivity contribution < 1.29 is 9.53 Å². The molecule has 1 heterocycles. The van der Waals surface area contributed by atoms with Crippen LogP contribution in [0.3, 0.4) is 0 Å². The first-order valence-electron chi connectivity index (χ1n) is 8.72. The normalized spacial score (nSPS) is 12.0. The van der Waals surface area contributed by atoms with Crippen molar-refractivity contribution in [1.29, 1.82) is 0 Å². The van der Waals surface area contributed by atoms with Gasteiger partial charge in [0.2, 0.25) is 0 Å². The van der Waals surface area contributed by atoms with E-state index in [1.165, 1.54) is 0 Å². The van der Waals surface area contributed by atoms with Crippen molar-refractivity contribution in [2.45, 2.75) is 19.4 Å². The van der Waals surface area contributed by atoms with E-state index in [-0.39, 0.29) is 23.3 Å². The maximum absolute atomic E-state index is 12.2. The standard InChI is InChI=1S/C21H22N2O3/c1-15(16-8-3-2-4-9-16)26-13-7-12-22-21(25)19-14-17-10-5-6-11-18(17)20(24)23-19/h2-6,8-11,14-15H,7,12-13H2,1H3,(H,22,25)(H,23,24)/t15-/m0/s1. The van der Waals surface area contributed by atoms with Gasteiger partial charge in [-0.15, -0.1) is 0 Å². The smallest absolute Gasteiger partial charge is 0.267 e. The predicted molar refractivity (Wildman–Crippen MR) is 102 cm³/mol. The lowest BCUT2D eigenvalue weighted by molar-refractivity contribution is 0.0634. The zero-order valence-electron chi connectivity index (χ0n) is 14.7. The molecule has 26 heavy (non-hydrogen) atoms. The minimum absolute atomic E-state index is 0.0174. The molecule has 0 saturated heterocycles. The lowest BCUT2D eigenvalue weighted by Gasteiger charge is -2.13. The first-order valence-corrected chi connectivity index (χ1v) is 8.72. The number of H-pyrrole nitrogens is 1. The minimum atomic E-state index is -0.288. The van der Waals surface area contributed by atoms with Gasteiger partial charge in [0.15, 0.2) is 0 Å². The summed E-state index contributed by atoms with van der Waals surface area (Å²) in [5, 5.41) is 4.14. The Labute approximate surface area is 152 Å². The Morgan fingerprint density at radius 3 is 2.65 bits per heavy atom. The largest absolute Gasteiger partial charge is 0.374 e. The number of fused-ring (bicyclic) bond motifs is 1. The fourth-order valence-electron chi connectivity index (χ4n) is 2.78. The highest BCUT2D eigenvalue weighted by atomic mass is 16.5. The van der Waals surface area contributed by atoms with E-state index in [4.69, 9.17) is 4.74 Å². The van der Waals surface area contributed by atoms with Crippen LogP contribution in [0.15, 0.2) is 65.5 Å². The molecule has 3 rings (SSSR count). The lowest BCUT2D eigenvalue weighted by Crippen LogP contribution is -2.28. The highest BCUT2D eigenvalue weighted by Crippen LogP contribution is 2.15. The van der Waals surface area contributed by atoms with Crippen molar-refractivity contribution >= 4 is 16.7 Å². The molecule has 0 aliphatic heterocycles. The monoisotopic (exact) mass is 350 g/mol. The predicted octanol–water partition coefficient (Wildman–Crippen LogP) is 3.43. The maximum Gasteiger partial charge on any atom is 0.267 e. The van der Waals surface area contributed by atoms with Gasteiger partial charge in [0.05, 0.1) is 6.10 Å². The fourth-order valence-corrected chi connectivity index (χ4v) is 2.78. The van der Waals surface area contributed by atoms with E-state index < -0.39 is 0 Å². The van der Waals surface area contributed by atoms with Crippen LogP contribution in [0.25, 0.3) is 10.8 Å². The number of carbonyl (C=O) groups excluding carboxylic acids is 1. The number of nitrogens with one attached hydrogen (secondary N) is 2. The third kappa shape index (κ3) is 4.37. The third-order valence-electron chi connectivity index (χ3n) is 4.24. The summed E-state index contributed by atoms with van der Waals surface area (Å²) in [5.41, 5.74) is 1.14. The van der Waals surface area contributed by atoms with E-state index in [0.29, 0.717) is 25.0 Å². The quantitative estimate of drug-likeness (QED) is 0.641. The van der Waals surface area contributed by atoms with Gasteiger partial charge < -0.3 is 15.0 Å². The molecule has 2 N–H and O–H groups in total. The zero-order chi connectivity index (χ0) is 18.4. The first-order chi connectivity index (χ1) is 12.6. The number of aromatic amines is 1. The van der Waals surface area contributed by atoms with Crippen molar-refractivity contribution in [3.8, 4) is 0 Å². The van der Waals surface area contributed by atoms with Crippen LogP contribution in [0.2, 0.25) is 0 Å². The number of hydrogen-bond donors (Lipinski definition) is 2. The molecule has 1 aromatic heterocycles. The van der Waals surface area contributed by atoms with Crippen LogP contribution in [0.5, 0.6) is 0 Å². The second kappa shape index (κ2) is 8.45. The highest BCUT2D eigenvalue weighted by molar-refractivity contribution is 5.96. The van der Waals surface area contributed by atoms with Gasteiger partial charge in [-0.1, -0.05) is 48.5 Å². The van der Waals surface area contributed by atoms with E-state index in [1.54, 1.807) is 18.2 Å². The number of hydrogen-bond acceptors (Lipinski definition) is 3. The molecule has 0 aliphatic carbocycles. The molecule has 0 radical (unpaired) electrons. The van der Waals surface area contributed by atoms with E-state index in [9.17, 15) is 9.59 Å². The van der Waals surface area contributed by atoms with E-state index in [1.807, 2.05) is 49.4 Å². The topological polar surface area (TPSA) is 71.2 Å². The Hall–Kier alpha value is -2.92. The number of carbonyl (C=O) groups is 1. The Morgan fingerprint density at radius 2 is 1.85 bits per heavy atom. The molecule has 1 atom stereocenters. The number of ether oxygens (including phenoxy) is 1. The minimum Gasteiger partial charge on any atom is -0.374 e. The van der Waals surface area contributed by atoms with E-state index in [2.05, 4.69) is 10.3 Å². The van der Waals surface area contributed by atoms with Crippen molar-refractivity contribution in [3.05, 3.63) is 82.3 Å². The number of amides is 1. The number of rotatable bonds is 7. The second-order valence-corrected chi connectivity index (χ2v) is 6.13. The fraction of sp³-hybridized carbons (Fsp3) is 0.238. The van der Waals surface area contributed by atoms with E-state index >= 15 is 0 Å². The average molecular weight is 350 g/mol. The van der Waals surface area contributed by atoms with Crippen molar-refractivity contribution in [2.24, 2.45) is 0 Å². The summed E-state index contributed by atoms with van der Waals surface area (Å²) in [6.07, 6.45) is 0.713. The van der Waals surface area contributed by atoms with Gasteiger partial charge in [0, 0.05) is 18.5 Å². The summed E-state index contributed by atoms with van der Waals surface area (Å²) < 4.78 is 5.78. The van der Waals surface area contributed by atoms with Gasteiger partial charge in [0.25, 0.3) is 11.5 Å². The Balaban J connectivity index is 1.48. The summed E-state index contributed by atoms with van der Waals surface area (Å²) in [7, 11) is 0. The van der Waals surface area contributed by atoms with Gasteiger partial charge in [-0.2, -0.15) is 0 Å². The van der Waals surface area contributed by atoms with Crippen LogP contribution in [-0.2, 0) is 4.74 Å². The number of aromatic nitrogens is 1. The third-order valence-corrected chi connectivity index (χ3v) is 4.24. The van der Waals surface area contributed by atoms with Crippen LogP contribution in [-0.4, -0.2) is 24.0 Å². The van der Waals surface area contributed by atoms with Crippen LogP contribution >= 0.6 is 0 Å². The van der Waals surface area contributed by atoms with Gasteiger partial charge in [-0.05, 0) is 36.4 Å². The van der Waals surface area contributed by atoms with Crippen LogP contribution < -0.4 is 10.9 Å². The van der Waals surface area contributed by atoms with Crippen molar-refractivity contribution in [1.82, 2.24) is 10.3 Å². The van der Waals surface area contributed by atoms with E-state index in [0.717, 1.165) is 10.9 Å².